The first-order valence-electron chi connectivity index (χ1n) is 6.24. The fraction of sp³-hybridized carbons (Fsp3) is 0.0667. The lowest BCUT2D eigenvalue weighted by Gasteiger charge is -2.10. The van der Waals surface area contributed by atoms with Crippen LogP contribution in [0.3, 0.4) is 0 Å². The maximum Gasteiger partial charge on any atom is 0.261 e. The van der Waals surface area contributed by atoms with E-state index in [1.807, 2.05) is 6.07 Å². The number of nitrogens with zero attached hydrogens (tertiary/aromatic N) is 2. The Kier molecular flexibility index (Phi) is 3.47. The average molecular weight is 348 g/mol. The number of nitrogen functional groups attached to an aromatic ring is 1. The fourth-order valence-corrected chi connectivity index (χ4v) is 2.52. The SMILES string of the molecule is Nc1cccc(F)c1Cn1cnc2ccc(Br)cc2c1=O. The van der Waals surface area contributed by atoms with Crippen molar-refractivity contribution in [1.29, 1.82) is 0 Å². The van der Waals surface area contributed by atoms with Gasteiger partial charge in [0.05, 0.1) is 23.8 Å². The molecule has 3 rings (SSSR count). The lowest BCUT2D eigenvalue weighted by atomic mass is 10.1. The number of anilines is 1. The molecule has 0 atom stereocenters. The van der Waals surface area contributed by atoms with Gasteiger partial charge in [-0.3, -0.25) is 9.36 Å². The highest BCUT2D eigenvalue weighted by Crippen LogP contribution is 2.18. The first-order valence-corrected chi connectivity index (χ1v) is 7.03. The number of rotatable bonds is 2. The van der Waals surface area contributed by atoms with Crippen molar-refractivity contribution in [3.8, 4) is 0 Å². The third-order valence-electron chi connectivity index (χ3n) is 3.27. The van der Waals surface area contributed by atoms with Crippen LogP contribution < -0.4 is 11.3 Å². The summed E-state index contributed by atoms with van der Waals surface area (Å²) < 4.78 is 16.0. The zero-order valence-electron chi connectivity index (χ0n) is 10.9. The van der Waals surface area contributed by atoms with Crippen molar-refractivity contribution < 1.29 is 4.39 Å². The lowest BCUT2D eigenvalue weighted by molar-refractivity contribution is 0.597. The summed E-state index contributed by atoms with van der Waals surface area (Å²) in [4.78, 5) is 16.7. The number of hydrogen-bond donors (Lipinski definition) is 1. The van der Waals surface area contributed by atoms with E-state index in [1.54, 1.807) is 18.2 Å². The predicted octanol–water partition coefficient (Wildman–Crippen LogP) is 2.93. The molecule has 1 heterocycles. The summed E-state index contributed by atoms with van der Waals surface area (Å²) in [5, 5.41) is 0.474. The van der Waals surface area contributed by atoms with Gasteiger partial charge in [-0.1, -0.05) is 22.0 Å². The molecule has 0 aliphatic heterocycles. The van der Waals surface area contributed by atoms with Crippen molar-refractivity contribution in [2.75, 3.05) is 5.73 Å². The topological polar surface area (TPSA) is 60.9 Å². The molecule has 0 spiro atoms. The maximum absolute atomic E-state index is 13.8. The third-order valence-corrected chi connectivity index (χ3v) is 3.76. The van der Waals surface area contributed by atoms with E-state index in [1.165, 1.54) is 23.0 Å². The second-order valence-corrected chi connectivity index (χ2v) is 5.56. The van der Waals surface area contributed by atoms with Crippen molar-refractivity contribution >= 4 is 32.5 Å². The van der Waals surface area contributed by atoms with Crippen molar-refractivity contribution in [2.24, 2.45) is 0 Å². The largest absolute Gasteiger partial charge is 0.398 e. The van der Waals surface area contributed by atoms with Crippen LogP contribution in [-0.4, -0.2) is 9.55 Å². The van der Waals surface area contributed by atoms with Gasteiger partial charge in [0.1, 0.15) is 5.82 Å². The molecule has 0 amide bonds. The van der Waals surface area contributed by atoms with Crippen molar-refractivity contribution in [1.82, 2.24) is 9.55 Å². The van der Waals surface area contributed by atoms with Gasteiger partial charge in [0.25, 0.3) is 5.56 Å². The Labute approximate surface area is 128 Å². The number of benzene rings is 2. The zero-order valence-corrected chi connectivity index (χ0v) is 12.5. The second kappa shape index (κ2) is 5.29. The molecule has 21 heavy (non-hydrogen) atoms. The predicted molar refractivity (Wildman–Crippen MR) is 83.6 cm³/mol. The summed E-state index contributed by atoms with van der Waals surface area (Å²) in [6, 6.07) is 9.73. The fourth-order valence-electron chi connectivity index (χ4n) is 2.16. The smallest absolute Gasteiger partial charge is 0.261 e. The summed E-state index contributed by atoms with van der Waals surface area (Å²) in [5.74, 6) is -0.434. The van der Waals surface area contributed by atoms with Gasteiger partial charge in [-0.2, -0.15) is 0 Å². The molecule has 4 nitrogen and oxygen atoms in total. The molecule has 3 aromatic rings. The molecular weight excluding hydrogens is 337 g/mol. The molecule has 1 aromatic heterocycles. The molecule has 0 aliphatic rings. The minimum atomic E-state index is -0.434. The van der Waals surface area contributed by atoms with E-state index >= 15 is 0 Å². The van der Waals surface area contributed by atoms with E-state index < -0.39 is 5.82 Å². The Balaban J connectivity index is 2.14. The minimum Gasteiger partial charge on any atom is -0.398 e. The van der Waals surface area contributed by atoms with E-state index in [0.29, 0.717) is 16.6 Å². The molecule has 0 saturated carbocycles. The molecule has 6 heteroatoms. The Bertz CT molecular complexity index is 871. The van der Waals surface area contributed by atoms with Crippen LogP contribution in [0.1, 0.15) is 5.56 Å². The van der Waals surface area contributed by atoms with Crippen molar-refractivity contribution in [3.05, 3.63) is 68.9 Å². The van der Waals surface area contributed by atoms with Gasteiger partial charge >= 0.3 is 0 Å². The second-order valence-electron chi connectivity index (χ2n) is 4.65. The first-order chi connectivity index (χ1) is 10.1. The lowest BCUT2D eigenvalue weighted by Crippen LogP contribution is -2.22. The molecule has 2 N–H and O–H groups in total. The zero-order chi connectivity index (χ0) is 15.0. The quantitative estimate of drug-likeness (QED) is 0.725. The standard InChI is InChI=1S/C15H11BrFN3O/c16-9-4-5-14-10(6-9)15(21)20(8-19-14)7-11-12(17)2-1-3-13(11)18/h1-6,8H,7,18H2. The van der Waals surface area contributed by atoms with Crippen LogP contribution in [0.15, 0.2) is 52.0 Å². The van der Waals surface area contributed by atoms with Gasteiger partial charge in [0.15, 0.2) is 0 Å². The van der Waals surface area contributed by atoms with Gasteiger partial charge in [0, 0.05) is 15.7 Å². The number of aromatic nitrogens is 2. The summed E-state index contributed by atoms with van der Waals surface area (Å²) in [6.45, 7) is 0.0484. The van der Waals surface area contributed by atoms with Gasteiger partial charge in [0.2, 0.25) is 0 Å². The highest BCUT2D eigenvalue weighted by atomic mass is 79.9. The molecule has 0 unspecified atom stereocenters. The Hall–Kier alpha value is -2.21. The molecule has 0 radical (unpaired) electrons. The Morgan fingerprint density at radius 3 is 2.86 bits per heavy atom. The van der Waals surface area contributed by atoms with Crippen molar-refractivity contribution in [3.63, 3.8) is 0 Å². The highest BCUT2D eigenvalue weighted by Gasteiger charge is 2.10. The van der Waals surface area contributed by atoms with Crippen LogP contribution in [0.4, 0.5) is 10.1 Å². The van der Waals surface area contributed by atoms with E-state index in [0.717, 1.165) is 4.47 Å². The Morgan fingerprint density at radius 2 is 2.10 bits per heavy atom. The average Bonchev–Trinajstić information content (AvgIpc) is 2.46. The molecule has 0 fully saturated rings. The van der Waals surface area contributed by atoms with Gasteiger partial charge in [-0.15, -0.1) is 0 Å². The number of hydrogen-bond acceptors (Lipinski definition) is 3. The van der Waals surface area contributed by atoms with Crippen LogP contribution in [0.5, 0.6) is 0 Å². The molecule has 0 aliphatic carbocycles. The van der Waals surface area contributed by atoms with Crippen LogP contribution in [0, 0.1) is 5.82 Å². The first kappa shape index (κ1) is 13.8. The van der Waals surface area contributed by atoms with E-state index in [2.05, 4.69) is 20.9 Å². The summed E-state index contributed by atoms with van der Waals surface area (Å²) in [5.41, 5.74) is 6.74. The maximum atomic E-state index is 13.8. The van der Waals surface area contributed by atoms with E-state index in [4.69, 9.17) is 5.73 Å². The minimum absolute atomic E-state index is 0.0484. The number of nitrogens with two attached hydrogens (primary N) is 1. The summed E-state index contributed by atoms with van der Waals surface area (Å²) in [6.07, 6.45) is 1.41. The molecule has 0 saturated heterocycles. The van der Waals surface area contributed by atoms with Gasteiger partial charge in [-0.25, -0.2) is 9.37 Å². The monoisotopic (exact) mass is 347 g/mol. The van der Waals surface area contributed by atoms with Crippen molar-refractivity contribution in [2.45, 2.75) is 6.54 Å². The highest BCUT2D eigenvalue weighted by molar-refractivity contribution is 9.10. The van der Waals surface area contributed by atoms with Gasteiger partial charge in [-0.05, 0) is 30.3 Å². The van der Waals surface area contributed by atoms with Crippen LogP contribution >= 0.6 is 15.9 Å². The number of fused-ring (bicyclic) bond motifs is 1. The molecule has 106 valence electrons. The number of halogens is 2. The third kappa shape index (κ3) is 2.54. The van der Waals surface area contributed by atoms with Gasteiger partial charge < -0.3 is 5.73 Å². The molecular formula is C15H11BrFN3O. The summed E-state index contributed by atoms with van der Waals surface area (Å²) >= 11 is 3.33. The Morgan fingerprint density at radius 1 is 1.29 bits per heavy atom. The van der Waals surface area contributed by atoms with Crippen LogP contribution in [-0.2, 0) is 6.54 Å². The molecule has 2 aromatic carbocycles. The summed E-state index contributed by atoms with van der Waals surface area (Å²) in [7, 11) is 0. The van der Waals surface area contributed by atoms with E-state index in [9.17, 15) is 9.18 Å². The molecule has 0 bridgehead atoms. The van der Waals surface area contributed by atoms with Crippen LogP contribution in [0.25, 0.3) is 10.9 Å². The van der Waals surface area contributed by atoms with Crippen LogP contribution in [0.2, 0.25) is 0 Å². The normalized spacial score (nSPS) is 11.0. The van der Waals surface area contributed by atoms with E-state index in [-0.39, 0.29) is 17.7 Å².